The molecule has 1 atom stereocenters. The van der Waals surface area contributed by atoms with Crippen LogP contribution in [0.2, 0.25) is 0 Å². The minimum absolute atomic E-state index is 0.0122. The third-order valence-corrected chi connectivity index (χ3v) is 6.54. The molecule has 1 unspecified atom stereocenters. The summed E-state index contributed by atoms with van der Waals surface area (Å²) in [6.07, 6.45) is 3.16. The molecule has 0 radical (unpaired) electrons. The summed E-state index contributed by atoms with van der Waals surface area (Å²) in [6, 6.07) is 8.96. The monoisotopic (exact) mass is 415 g/mol. The third kappa shape index (κ3) is 3.89. The van der Waals surface area contributed by atoms with Gasteiger partial charge in [0.25, 0.3) is 5.91 Å². The number of urea groups is 1. The van der Waals surface area contributed by atoms with E-state index in [9.17, 15) is 18.8 Å². The van der Waals surface area contributed by atoms with Gasteiger partial charge in [0.05, 0.1) is 6.04 Å². The first-order chi connectivity index (χ1) is 14.0. The molecule has 1 saturated heterocycles. The van der Waals surface area contributed by atoms with Gasteiger partial charge in [-0.2, -0.15) is 0 Å². The van der Waals surface area contributed by atoms with Crippen LogP contribution >= 0.6 is 11.3 Å². The van der Waals surface area contributed by atoms with E-state index >= 15 is 0 Å². The van der Waals surface area contributed by atoms with Crippen LogP contribution in [-0.2, 0) is 9.59 Å². The van der Waals surface area contributed by atoms with Gasteiger partial charge in [-0.3, -0.25) is 14.5 Å². The number of nitrogens with zero attached hydrogens (tertiary/aromatic N) is 1. The Morgan fingerprint density at radius 1 is 1.21 bits per heavy atom. The van der Waals surface area contributed by atoms with E-state index in [0.717, 1.165) is 28.2 Å². The summed E-state index contributed by atoms with van der Waals surface area (Å²) in [5, 5.41) is 7.68. The first-order valence-corrected chi connectivity index (χ1v) is 10.6. The van der Waals surface area contributed by atoms with E-state index in [1.54, 1.807) is 12.1 Å². The summed E-state index contributed by atoms with van der Waals surface area (Å²) < 4.78 is 13.3. The minimum Gasteiger partial charge on any atom is -0.344 e. The zero-order valence-corrected chi connectivity index (χ0v) is 16.6. The number of rotatable bonds is 6. The molecule has 2 aromatic rings. The Hall–Kier alpha value is -2.74. The van der Waals surface area contributed by atoms with Gasteiger partial charge < -0.3 is 10.6 Å². The summed E-state index contributed by atoms with van der Waals surface area (Å²) in [5.74, 6) is -0.841. The molecule has 2 N–H and O–H groups in total. The Kier molecular flexibility index (Phi) is 5.36. The average molecular weight is 415 g/mol. The number of nitrogens with one attached hydrogen (secondary N) is 2. The second-order valence-electron chi connectivity index (χ2n) is 7.49. The summed E-state index contributed by atoms with van der Waals surface area (Å²) in [5.41, 5.74) is 0.00311. The molecule has 8 heteroatoms. The topological polar surface area (TPSA) is 78.5 Å². The van der Waals surface area contributed by atoms with E-state index in [0.29, 0.717) is 12.8 Å². The van der Waals surface area contributed by atoms with Gasteiger partial charge in [0.2, 0.25) is 5.91 Å². The van der Waals surface area contributed by atoms with E-state index in [-0.39, 0.29) is 30.6 Å². The van der Waals surface area contributed by atoms with E-state index in [4.69, 9.17) is 0 Å². The Morgan fingerprint density at radius 3 is 2.59 bits per heavy atom. The Labute approximate surface area is 172 Å². The normalized spacial score (nSPS) is 18.9. The van der Waals surface area contributed by atoms with E-state index in [1.165, 1.54) is 23.5 Å². The molecule has 2 fully saturated rings. The molecule has 4 amide bonds. The van der Waals surface area contributed by atoms with Gasteiger partial charge in [0.1, 0.15) is 11.4 Å². The Morgan fingerprint density at radius 2 is 1.93 bits per heavy atom. The molecule has 1 aliphatic heterocycles. The first-order valence-electron chi connectivity index (χ1n) is 9.71. The Bertz CT molecular complexity index is 908. The molecule has 29 heavy (non-hydrogen) atoms. The van der Waals surface area contributed by atoms with Crippen molar-refractivity contribution >= 4 is 29.2 Å². The third-order valence-electron chi connectivity index (χ3n) is 5.60. The number of thiophene rings is 1. The van der Waals surface area contributed by atoms with Crippen molar-refractivity contribution in [2.24, 2.45) is 0 Å². The minimum atomic E-state index is -0.763. The lowest BCUT2D eigenvalue weighted by Crippen LogP contribution is -2.44. The van der Waals surface area contributed by atoms with Crippen molar-refractivity contribution in [1.29, 1.82) is 0 Å². The molecule has 6 nitrogen and oxygen atoms in total. The largest absolute Gasteiger partial charge is 0.344 e. The summed E-state index contributed by atoms with van der Waals surface area (Å²) in [4.78, 5) is 39.6. The maximum Gasteiger partial charge on any atom is 0.325 e. The van der Waals surface area contributed by atoms with Crippen LogP contribution in [0.25, 0.3) is 0 Å². The molecule has 1 aromatic heterocycles. The number of carbonyl (C=O) groups excluding carboxylic acids is 3. The van der Waals surface area contributed by atoms with Gasteiger partial charge in [-0.15, -0.1) is 11.3 Å². The van der Waals surface area contributed by atoms with Crippen LogP contribution < -0.4 is 10.6 Å². The SMILES string of the molecule is O=C(CCN1C(=O)NC2(CCCC2)C1=O)NC(c1ccc(F)cc1)c1cccs1. The lowest BCUT2D eigenvalue weighted by molar-refractivity contribution is -0.131. The molecule has 0 bridgehead atoms. The van der Waals surface area contributed by atoms with Crippen LogP contribution in [0.3, 0.4) is 0 Å². The van der Waals surface area contributed by atoms with Gasteiger partial charge >= 0.3 is 6.03 Å². The van der Waals surface area contributed by atoms with Crippen LogP contribution in [-0.4, -0.2) is 34.8 Å². The summed E-state index contributed by atoms with van der Waals surface area (Å²) in [7, 11) is 0. The molecular formula is C21H22FN3O3S. The Balaban J connectivity index is 1.42. The summed E-state index contributed by atoms with van der Waals surface area (Å²) >= 11 is 1.49. The zero-order valence-electron chi connectivity index (χ0n) is 15.8. The highest BCUT2D eigenvalue weighted by Crippen LogP contribution is 2.35. The molecule has 152 valence electrons. The molecule has 1 aliphatic carbocycles. The fraction of sp³-hybridized carbons (Fsp3) is 0.381. The van der Waals surface area contributed by atoms with Crippen molar-refractivity contribution in [2.45, 2.75) is 43.7 Å². The standard InChI is InChI=1S/C21H22FN3O3S/c22-15-7-5-14(6-8-15)18(16-4-3-13-29-16)23-17(26)9-12-25-19(27)21(24-20(25)28)10-1-2-11-21/h3-8,13,18H,1-2,9-12H2,(H,23,26)(H,24,28). The van der Waals surface area contributed by atoms with Crippen LogP contribution in [0.1, 0.15) is 48.6 Å². The second-order valence-corrected chi connectivity index (χ2v) is 8.47. The van der Waals surface area contributed by atoms with Gasteiger partial charge in [-0.25, -0.2) is 9.18 Å². The van der Waals surface area contributed by atoms with Crippen LogP contribution in [0.15, 0.2) is 41.8 Å². The molecule has 4 rings (SSSR count). The predicted molar refractivity (Wildman–Crippen MR) is 107 cm³/mol. The smallest absolute Gasteiger partial charge is 0.325 e. The highest BCUT2D eigenvalue weighted by Gasteiger charge is 2.52. The van der Waals surface area contributed by atoms with E-state index in [2.05, 4.69) is 10.6 Å². The van der Waals surface area contributed by atoms with Gasteiger partial charge in [-0.05, 0) is 42.0 Å². The lowest BCUT2D eigenvalue weighted by atomic mass is 9.98. The predicted octanol–water partition coefficient (Wildman–Crippen LogP) is 3.35. The second kappa shape index (κ2) is 7.94. The fourth-order valence-corrected chi connectivity index (χ4v) is 4.88. The molecule has 2 aliphatic rings. The molecule has 1 spiro atoms. The van der Waals surface area contributed by atoms with Gasteiger partial charge in [0, 0.05) is 17.8 Å². The quantitative estimate of drug-likeness (QED) is 0.711. The van der Waals surface area contributed by atoms with Crippen molar-refractivity contribution in [3.63, 3.8) is 0 Å². The molecule has 1 aromatic carbocycles. The molecular weight excluding hydrogens is 393 g/mol. The fourth-order valence-electron chi connectivity index (χ4n) is 4.07. The van der Waals surface area contributed by atoms with Gasteiger partial charge in [-0.1, -0.05) is 31.0 Å². The van der Waals surface area contributed by atoms with Crippen LogP contribution in [0.5, 0.6) is 0 Å². The van der Waals surface area contributed by atoms with Gasteiger partial charge in [0.15, 0.2) is 0 Å². The van der Waals surface area contributed by atoms with E-state index in [1.807, 2.05) is 17.5 Å². The maximum atomic E-state index is 13.3. The number of hydrogen-bond donors (Lipinski definition) is 2. The average Bonchev–Trinajstić information content (AvgIpc) is 3.43. The highest BCUT2D eigenvalue weighted by molar-refractivity contribution is 7.10. The van der Waals surface area contributed by atoms with Crippen molar-refractivity contribution in [3.8, 4) is 0 Å². The number of carbonyl (C=O) groups is 3. The van der Waals surface area contributed by atoms with Crippen molar-refractivity contribution < 1.29 is 18.8 Å². The number of halogens is 1. The van der Waals surface area contributed by atoms with Crippen molar-refractivity contribution in [3.05, 3.63) is 58.0 Å². The molecule has 1 saturated carbocycles. The van der Waals surface area contributed by atoms with E-state index < -0.39 is 17.6 Å². The van der Waals surface area contributed by atoms with Crippen molar-refractivity contribution in [1.82, 2.24) is 15.5 Å². The maximum absolute atomic E-state index is 13.3. The number of benzene rings is 1. The van der Waals surface area contributed by atoms with Crippen molar-refractivity contribution in [2.75, 3.05) is 6.54 Å². The highest BCUT2D eigenvalue weighted by atomic mass is 32.1. The first kappa shape index (κ1) is 19.6. The molecule has 2 heterocycles. The van der Waals surface area contributed by atoms with Crippen LogP contribution in [0.4, 0.5) is 9.18 Å². The number of amides is 4. The zero-order chi connectivity index (χ0) is 20.4. The number of imide groups is 1. The van der Waals surface area contributed by atoms with Crippen LogP contribution in [0, 0.1) is 5.82 Å². The lowest BCUT2D eigenvalue weighted by Gasteiger charge is -2.21. The number of hydrogen-bond acceptors (Lipinski definition) is 4. The summed E-state index contributed by atoms with van der Waals surface area (Å²) in [6.45, 7) is 0.0405.